The van der Waals surface area contributed by atoms with Crippen molar-refractivity contribution in [1.29, 1.82) is 0 Å². The predicted octanol–water partition coefficient (Wildman–Crippen LogP) is 3.57. The van der Waals surface area contributed by atoms with Crippen molar-refractivity contribution >= 4 is 15.9 Å². The first-order valence-electron chi connectivity index (χ1n) is 6.94. The SMILES string of the molecule is CCC(c1ccc(Br)cc1)N1CCCC(CN)C1. The lowest BCUT2D eigenvalue weighted by molar-refractivity contribution is 0.122. The lowest BCUT2D eigenvalue weighted by Gasteiger charge is -2.38. The second kappa shape index (κ2) is 6.69. The maximum Gasteiger partial charge on any atom is 0.0345 e. The van der Waals surface area contributed by atoms with Gasteiger partial charge in [0.2, 0.25) is 0 Å². The fraction of sp³-hybridized carbons (Fsp3) is 0.600. The number of hydrogen-bond acceptors (Lipinski definition) is 2. The van der Waals surface area contributed by atoms with Crippen molar-refractivity contribution in [2.45, 2.75) is 32.2 Å². The maximum absolute atomic E-state index is 5.83. The van der Waals surface area contributed by atoms with Crippen LogP contribution >= 0.6 is 15.9 Å². The molecule has 100 valence electrons. The van der Waals surface area contributed by atoms with Crippen LogP contribution in [0.1, 0.15) is 37.8 Å². The molecule has 1 aliphatic heterocycles. The summed E-state index contributed by atoms with van der Waals surface area (Å²) in [5, 5.41) is 0. The summed E-state index contributed by atoms with van der Waals surface area (Å²) >= 11 is 3.50. The van der Waals surface area contributed by atoms with Crippen LogP contribution in [0.4, 0.5) is 0 Å². The van der Waals surface area contributed by atoms with Gasteiger partial charge in [0, 0.05) is 17.1 Å². The van der Waals surface area contributed by atoms with Gasteiger partial charge in [0.15, 0.2) is 0 Å². The molecule has 2 atom stereocenters. The van der Waals surface area contributed by atoms with Crippen molar-refractivity contribution in [2.24, 2.45) is 11.7 Å². The Hall–Kier alpha value is -0.380. The fourth-order valence-corrected chi connectivity index (χ4v) is 3.23. The van der Waals surface area contributed by atoms with E-state index in [-0.39, 0.29) is 0 Å². The number of nitrogens with two attached hydrogens (primary N) is 1. The van der Waals surface area contributed by atoms with Crippen molar-refractivity contribution in [2.75, 3.05) is 19.6 Å². The molecule has 0 aliphatic carbocycles. The first-order chi connectivity index (χ1) is 8.74. The van der Waals surface area contributed by atoms with Crippen molar-refractivity contribution in [3.8, 4) is 0 Å². The van der Waals surface area contributed by atoms with Gasteiger partial charge >= 0.3 is 0 Å². The third-order valence-corrected chi connectivity index (χ3v) is 4.49. The highest BCUT2D eigenvalue weighted by Gasteiger charge is 2.25. The average molecular weight is 311 g/mol. The van der Waals surface area contributed by atoms with E-state index in [0.717, 1.165) is 17.6 Å². The smallest absolute Gasteiger partial charge is 0.0345 e. The molecular weight excluding hydrogens is 288 g/mol. The summed E-state index contributed by atoms with van der Waals surface area (Å²) in [5.74, 6) is 0.684. The van der Waals surface area contributed by atoms with Gasteiger partial charge in [-0.3, -0.25) is 4.90 Å². The van der Waals surface area contributed by atoms with Gasteiger partial charge in [0.1, 0.15) is 0 Å². The van der Waals surface area contributed by atoms with Crippen LogP contribution in [0, 0.1) is 5.92 Å². The quantitative estimate of drug-likeness (QED) is 0.921. The van der Waals surface area contributed by atoms with Crippen LogP contribution in [0.2, 0.25) is 0 Å². The van der Waals surface area contributed by atoms with Gasteiger partial charge in [-0.2, -0.15) is 0 Å². The first-order valence-corrected chi connectivity index (χ1v) is 7.73. The van der Waals surface area contributed by atoms with E-state index in [1.807, 2.05) is 0 Å². The molecule has 1 fully saturated rings. The first kappa shape index (κ1) is 14.0. The summed E-state index contributed by atoms with van der Waals surface area (Å²) in [6.07, 6.45) is 3.75. The molecule has 3 heteroatoms. The van der Waals surface area contributed by atoms with Gasteiger partial charge in [-0.25, -0.2) is 0 Å². The van der Waals surface area contributed by atoms with Crippen molar-refractivity contribution in [3.63, 3.8) is 0 Å². The van der Waals surface area contributed by atoms with Crippen LogP contribution < -0.4 is 5.73 Å². The van der Waals surface area contributed by atoms with Crippen LogP contribution in [0.3, 0.4) is 0 Å². The normalized spacial score (nSPS) is 22.9. The summed E-state index contributed by atoms with van der Waals surface area (Å²) in [6, 6.07) is 9.31. The Balaban J connectivity index is 2.10. The minimum absolute atomic E-state index is 0.549. The van der Waals surface area contributed by atoms with Gasteiger partial charge in [0.25, 0.3) is 0 Å². The van der Waals surface area contributed by atoms with E-state index >= 15 is 0 Å². The molecule has 18 heavy (non-hydrogen) atoms. The van der Waals surface area contributed by atoms with Crippen LogP contribution in [0.5, 0.6) is 0 Å². The minimum Gasteiger partial charge on any atom is -0.330 e. The Bertz CT molecular complexity index is 363. The average Bonchev–Trinajstić information content (AvgIpc) is 2.42. The molecule has 1 aromatic carbocycles. The van der Waals surface area contributed by atoms with Gasteiger partial charge in [-0.15, -0.1) is 0 Å². The van der Waals surface area contributed by atoms with Gasteiger partial charge < -0.3 is 5.73 Å². The lowest BCUT2D eigenvalue weighted by Crippen LogP contribution is -2.40. The molecule has 0 spiro atoms. The number of rotatable bonds is 4. The Morgan fingerprint density at radius 2 is 2.11 bits per heavy atom. The van der Waals surface area contributed by atoms with E-state index in [1.54, 1.807) is 0 Å². The predicted molar refractivity (Wildman–Crippen MR) is 80.5 cm³/mol. The summed E-state index contributed by atoms with van der Waals surface area (Å²) < 4.78 is 1.15. The zero-order chi connectivity index (χ0) is 13.0. The molecule has 2 unspecified atom stereocenters. The third kappa shape index (κ3) is 3.34. The molecule has 1 saturated heterocycles. The number of halogens is 1. The summed E-state index contributed by atoms with van der Waals surface area (Å²) in [6.45, 7) is 5.47. The Labute approximate surface area is 119 Å². The van der Waals surface area contributed by atoms with Crippen LogP contribution in [0.25, 0.3) is 0 Å². The highest BCUT2D eigenvalue weighted by molar-refractivity contribution is 9.10. The standard InChI is InChI=1S/C15H23BrN2/c1-2-15(13-5-7-14(16)8-6-13)18-9-3-4-12(10-17)11-18/h5-8,12,15H,2-4,9-11,17H2,1H3. The maximum atomic E-state index is 5.83. The second-order valence-electron chi connectivity index (χ2n) is 5.21. The van der Waals surface area contributed by atoms with Crippen LogP contribution in [-0.4, -0.2) is 24.5 Å². The van der Waals surface area contributed by atoms with Gasteiger partial charge in [-0.05, 0) is 56.0 Å². The molecule has 0 saturated carbocycles. The molecule has 1 aromatic rings. The molecule has 1 aliphatic rings. The molecule has 2 rings (SSSR count). The highest BCUT2D eigenvalue weighted by atomic mass is 79.9. The molecule has 0 bridgehead atoms. The Kier molecular flexibility index (Phi) is 5.22. The lowest BCUT2D eigenvalue weighted by atomic mass is 9.94. The topological polar surface area (TPSA) is 29.3 Å². The number of piperidine rings is 1. The monoisotopic (exact) mass is 310 g/mol. The van der Waals surface area contributed by atoms with Crippen LogP contribution in [0.15, 0.2) is 28.7 Å². The molecule has 0 aromatic heterocycles. The largest absolute Gasteiger partial charge is 0.330 e. The Morgan fingerprint density at radius 1 is 1.39 bits per heavy atom. The minimum atomic E-state index is 0.549. The summed E-state index contributed by atoms with van der Waals surface area (Å²) in [7, 11) is 0. The van der Waals surface area contributed by atoms with Crippen LogP contribution in [-0.2, 0) is 0 Å². The third-order valence-electron chi connectivity index (χ3n) is 3.97. The van der Waals surface area contributed by atoms with E-state index in [9.17, 15) is 0 Å². The highest BCUT2D eigenvalue weighted by Crippen LogP contribution is 2.29. The van der Waals surface area contributed by atoms with Crippen molar-refractivity contribution in [3.05, 3.63) is 34.3 Å². The molecule has 0 amide bonds. The van der Waals surface area contributed by atoms with Crippen molar-refractivity contribution < 1.29 is 0 Å². The molecule has 1 heterocycles. The Morgan fingerprint density at radius 3 is 2.72 bits per heavy atom. The number of benzene rings is 1. The number of likely N-dealkylation sites (tertiary alicyclic amines) is 1. The summed E-state index contributed by atoms with van der Waals surface area (Å²) in [5.41, 5.74) is 7.26. The van der Waals surface area contributed by atoms with E-state index in [0.29, 0.717) is 12.0 Å². The second-order valence-corrected chi connectivity index (χ2v) is 6.13. The molecule has 0 radical (unpaired) electrons. The van der Waals surface area contributed by atoms with E-state index in [2.05, 4.69) is 52.0 Å². The van der Waals surface area contributed by atoms with E-state index in [1.165, 1.54) is 31.4 Å². The van der Waals surface area contributed by atoms with Gasteiger partial charge in [0.05, 0.1) is 0 Å². The summed E-state index contributed by atoms with van der Waals surface area (Å²) in [4.78, 5) is 2.62. The molecule has 2 nitrogen and oxygen atoms in total. The van der Waals surface area contributed by atoms with Crippen molar-refractivity contribution in [1.82, 2.24) is 4.90 Å². The molecule has 2 N–H and O–H groups in total. The fourth-order valence-electron chi connectivity index (χ4n) is 2.96. The molecular formula is C15H23BrN2. The zero-order valence-electron chi connectivity index (χ0n) is 11.1. The van der Waals surface area contributed by atoms with E-state index < -0.39 is 0 Å². The van der Waals surface area contributed by atoms with E-state index in [4.69, 9.17) is 5.73 Å². The van der Waals surface area contributed by atoms with Gasteiger partial charge in [-0.1, -0.05) is 35.0 Å². The number of hydrogen-bond donors (Lipinski definition) is 1. The zero-order valence-corrected chi connectivity index (χ0v) is 12.7. The number of nitrogens with zero attached hydrogens (tertiary/aromatic N) is 1.